The van der Waals surface area contributed by atoms with E-state index in [2.05, 4.69) is 11.1 Å². The zero-order valence-electron chi connectivity index (χ0n) is 14.2. The summed E-state index contributed by atoms with van der Waals surface area (Å²) in [5, 5.41) is 2.89. The Balaban J connectivity index is 1.34. The van der Waals surface area contributed by atoms with Crippen molar-refractivity contribution in [3.63, 3.8) is 0 Å². The maximum Gasteiger partial charge on any atom is 0.223 e. The van der Waals surface area contributed by atoms with Crippen molar-refractivity contribution in [3.8, 4) is 0 Å². The lowest BCUT2D eigenvalue weighted by molar-refractivity contribution is -0.197. The largest absolute Gasteiger partial charge is 0.405 e. The van der Waals surface area contributed by atoms with Crippen LogP contribution in [0.15, 0.2) is 30.3 Å². The Morgan fingerprint density at radius 3 is 2.48 bits per heavy atom. The molecule has 1 aliphatic heterocycles. The van der Waals surface area contributed by atoms with Crippen LogP contribution in [0.3, 0.4) is 0 Å². The van der Waals surface area contributed by atoms with E-state index in [1.165, 1.54) is 12.8 Å². The van der Waals surface area contributed by atoms with Crippen molar-refractivity contribution in [2.45, 2.75) is 38.1 Å². The smallest absolute Gasteiger partial charge is 0.223 e. The van der Waals surface area contributed by atoms with Crippen molar-refractivity contribution in [3.05, 3.63) is 40.9 Å². The number of carbonyl (C=O) groups excluding carboxylic acids is 1. The lowest BCUT2D eigenvalue weighted by Crippen LogP contribution is -2.61. The van der Waals surface area contributed by atoms with Crippen LogP contribution in [0.2, 0.25) is 5.02 Å². The first kappa shape index (κ1) is 15.7. The van der Waals surface area contributed by atoms with Crippen molar-refractivity contribution < 1.29 is 9.63 Å². The first-order valence-electron chi connectivity index (χ1n) is 9.25. The third-order valence-corrected chi connectivity index (χ3v) is 7.13. The number of hydrogen-bond donors (Lipinski definition) is 1. The summed E-state index contributed by atoms with van der Waals surface area (Å²) in [6.45, 7) is 0.809. The number of carbonyl (C=O) groups is 1. The fourth-order valence-electron chi connectivity index (χ4n) is 6.11. The fraction of sp³-hybridized carbons (Fsp3) is 0.550. The molecule has 4 saturated carbocycles. The topological polar surface area (TPSA) is 55.6 Å². The van der Waals surface area contributed by atoms with Crippen LogP contribution >= 0.6 is 11.6 Å². The number of nitrogens with zero attached hydrogens (tertiary/aromatic N) is 1. The monoisotopic (exact) mass is 358 g/mol. The lowest BCUT2D eigenvalue weighted by Gasteiger charge is -2.59. The van der Waals surface area contributed by atoms with E-state index >= 15 is 0 Å². The van der Waals surface area contributed by atoms with Crippen LogP contribution in [-0.2, 0) is 9.63 Å². The van der Waals surface area contributed by atoms with Crippen molar-refractivity contribution in [1.29, 1.82) is 0 Å². The molecule has 1 aromatic rings. The van der Waals surface area contributed by atoms with Crippen molar-refractivity contribution >= 4 is 23.3 Å². The molecule has 2 unspecified atom stereocenters. The van der Waals surface area contributed by atoms with E-state index in [9.17, 15) is 4.79 Å². The molecule has 0 saturated heterocycles. The lowest BCUT2D eigenvalue weighted by atomic mass is 9.47. The number of rotatable bonds is 3. The van der Waals surface area contributed by atoms with E-state index in [1.54, 1.807) is 0 Å². The van der Waals surface area contributed by atoms with Gasteiger partial charge in [0.1, 0.15) is 0 Å². The highest BCUT2D eigenvalue weighted by Crippen LogP contribution is 2.61. The first-order valence-corrected chi connectivity index (χ1v) is 9.62. The molecule has 0 aromatic heterocycles. The molecular weight excluding hydrogens is 336 g/mol. The summed E-state index contributed by atoms with van der Waals surface area (Å²) in [7, 11) is 0. The molecule has 4 bridgehead atoms. The van der Waals surface area contributed by atoms with Gasteiger partial charge in [-0.25, -0.2) is 0 Å². The Bertz CT molecular complexity index is 729. The van der Waals surface area contributed by atoms with Crippen LogP contribution in [0.25, 0.3) is 5.76 Å². The summed E-state index contributed by atoms with van der Waals surface area (Å²) in [5.74, 6) is 2.56. The molecule has 4 fully saturated rings. The van der Waals surface area contributed by atoms with E-state index in [-0.39, 0.29) is 11.3 Å². The van der Waals surface area contributed by atoms with Crippen LogP contribution < -0.4 is 5.73 Å². The predicted octanol–water partition coefficient (Wildman–Crippen LogP) is 3.61. The van der Waals surface area contributed by atoms with Gasteiger partial charge < -0.3 is 10.6 Å². The summed E-state index contributed by atoms with van der Waals surface area (Å²) in [6.07, 6.45) is 7.47. The average molecular weight is 359 g/mol. The molecule has 4 nitrogen and oxygen atoms in total. The van der Waals surface area contributed by atoms with Gasteiger partial charge in [0, 0.05) is 16.0 Å². The van der Waals surface area contributed by atoms with Crippen molar-refractivity contribution in [1.82, 2.24) is 5.06 Å². The molecule has 132 valence electrons. The minimum absolute atomic E-state index is 0.0762. The SMILES string of the molecule is NC(=O)C12CC3CC(C1)C(N1CC=C(c4ccc(Cl)cc4)O1)C(C3)C2. The molecule has 0 radical (unpaired) electrons. The van der Waals surface area contributed by atoms with Crippen molar-refractivity contribution in [2.75, 3.05) is 6.54 Å². The summed E-state index contributed by atoms with van der Waals surface area (Å²) in [5.41, 5.74) is 6.62. The van der Waals surface area contributed by atoms with Crippen LogP contribution in [0, 0.1) is 23.2 Å². The van der Waals surface area contributed by atoms with Gasteiger partial charge in [-0.05, 0) is 80.2 Å². The number of nitrogens with two attached hydrogens (primary N) is 1. The van der Waals surface area contributed by atoms with Gasteiger partial charge in [-0.3, -0.25) is 4.79 Å². The predicted molar refractivity (Wildman–Crippen MR) is 96.2 cm³/mol. The Morgan fingerprint density at radius 1 is 1.16 bits per heavy atom. The fourth-order valence-corrected chi connectivity index (χ4v) is 6.24. The average Bonchev–Trinajstić information content (AvgIpc) is 3.04. The zero-order valence-corrected chi connectivity index (χ0v) is 14.9. The zero-order chi connectivity index (χ0) is 17.2. The molecule has 25 heavy (non-hydrogen) atoms. The molecule has 0 spiro atoms. The van der Waals surface area contributed by atoms with Gasteiger partial charge in [-0.2, -0.15) is 0 Å². The number of primary amides is 1. The van der Waals surface area contributed by atoms with Crippen LogP contribution in [-0.4, -0.2) is 23.6 Å². The maximum absolute atomic E-state index is 12.1. The normalized spacial score (nSPS) is 39.3. The second-order valence-corrected chi connectivity index (χ2v) is 8.81. The molecule has 1 amide bonds. The van der Waals surface area contributed by atoms with Gasteiger partial charge in [-0.15, -0.1) is 5.06 Å². The summed E-state index contributed by atoms with van der Waals surface area (Å²) >= 11 is 5.98. The van der Waals surface area contributed by atoms with Gasteiger partial charge in [0.2, 0.25) is 5.91 Å². The number of amides is 1. The first-order chi connectivity index (χ1) is 12.0. The van der Waals surface area contributed by atoms with Gasteiger partial charge in [0.25, 0.3) is 0 Å². The highest BCUT2D eigenvalue weighted by molar-refractivity contribution is 6.30. The van der Waals surface area contributed by atoms with Gasteiger partial charge in [0.05, 0.1) is 12.6 Å². The number of benzene rings is 1. The van der Waals surface area contributed by atoms with E-state index in [4.69, 9.17) is 22.2 Å². The minimum Gasteiger partial charge on any atom is -0.405 e. The van der Waals surface area contributed by atoms with Crippen LogP contribution in [0.4, 0.5) is 0 Å². The Morgan fingerprint density at radius 2 is 1.84 bits per heavy atom. The number of hydroxylamine groups is 2. The molecule has 5 aliphatic rings. The molecular formula is C20H23ClN2O2. The van der Waals surface area contributed by atoms with Crippen LogP contribution in [0.1, 0.15) is 37.7 Å². The molecule has 2 atom stereocenters. The molecule has 2 N–H and O–H groups in total. The maximum atomic E-state index is 12.1. The second-order valence-electron chi connectivity index (χ2n) is 8.37. The summed E-state index contributed by atoms with van der Waals surface area (Å²) < 4.78 is 0. The van der Waals surface area contributed by atoms with Gasteiger partial charge in [0.15, 0.2) is 5.76 Å². The number of hydrogen-bond acceptors (Lipinski definition) is 3. The Hall–Kier alpha value is -1.52. The second kappa shape index (κ2) is 5.49. The third kappa shape index (κ3) is 2.42. The summed E-state index contributed by atoms with van der Waals surface area (Å²) in [6, 6.07) is 8.19. The highest BCUT2D eigenvalue weighted by Gasteiger charge is 2.59. The van der Waals surface area contributed by atoms with E-state index in [1.807, 2.05) is 24.3 Å². The third-order valence-electron chi connectivity index (χ3n) is 6.88. The van der Waals surface area contributed by atoms with E-state index < -0.39 is 0 Å². The summed E-state index contributed by atoms with van der Waals surface area (Å²) in [4.78, 5) is 18.3. The van der Waals surface area contributed by atoms with Gasteiger partial charge >= 0.3 is 0 Å². The Kier molecular flexibility index (Phi) is 3.45. The quantitative estimate of drug-likeness (QED) is 0.898. The van der Waals surface area contributed by atoms with Gasteiger partial charge in [-0.1, -0.05) is 11.6 Å². The standard InChI is InChI=1S/C20H23ClN2O2/c21-16-3-1-13(2-4-16)17-5-6-23(25-17)18-14-7-12-8-15(18)11-20(9-12,10-14)19(22)24/h1-5,12,14-15,18H,6-11H2,(H2,22,24). The number of halogens is 1. The molecule has 1 heterocycles. The molecule has 6 rings (SSSR count). The Labute approximate surface area is 152 Å². The molecule has 5 heteroatoms. The minimum atomic E-state index is -0.237. The van der Waals surface area contributed by atoms with E-state index in [0.29, 0.717) is 23.8 Å². The van der Waals surface area contributed by atoms with Crippen molar-refractivity contribution in [2.24, 2.45) is 28.9 Å². The van der Waals surface area contributed by atoms with Crippen LogP contribution in [0.5, 0.6) is 0 Å². The molecule has 4 aliphatic carbocycles. The van der Waals surface area contributed by atoms with E-state index in [0.717, 1.165) is 42.2 Å². The highest BCUT2D eigenvalue weighted by atomic mass is 35.5. The molecule has 1 aromatic carbocycles.